The van der Waals surface area contributed by atoms with Gasteiger partial charge in [0.15, 0.2) is 0 Å². The zero-order valence-corrected chi connectivity index (χ0v) is 15.2. The van der Waals surface area contributed by atoms with Crippen molar-refractivity contribution in [3.05, 3.63) is 53.7 Å². The second-order valence-electron chi connectivity index (χ2n) is 7.11. The maximum atomic E-state index is 12.5. The molecule has 1 N–H and O–H groups in total. The van der Waals surface area contributed by atoms with E-state index >= 15 is 0 Å². The molecule has 5 nitrogen and oxygen atoms in total. The molecule has 4 rings (SSSR count). The number of benzene rings is 1. The number of amides is 2. The van der Waals surface area contributed by atoms with Gasteiger partial charge in [-0.05, 0) is 42.5 Å². The van der Waals surface area contributed by atoms with Crippen LogP contribution in [0.1, 0.15) is 36.8 Å². The monoisotopic (exact) mass is 350 g/mol. The smallest absolute Gasteiger partial charge is 0.322 e. The minimum atomic E-state index is -0.0356. The second-order valence-corrected chi connectivity index (χ2v) is 7.11. The van der Waals surface area contributed by atoms with E-state index in [0.717, 1.165) is 43.1 Å². The Labute approximate surface area is 155 Å². The lowest BCUT2D eigenvalue weighted by Gasteiger charge is -2.21. The predicted octanol–water partition coefficient (Wildman–Crippen LogP) is 3.73. The number of nitrogens with zero attached hydrogens (tertiary/aromatic N) is 3. The quantitative estimate of drug-likeness (QED) is 0.917. The molecule has 1 aromatic heterocycles. The Morgan fingerprint density at radius 3 is 2.58 bits per heavy atom. The van der Waals surface area contributed by atoms with Crippen LogP contribution in [0.2, 0.25) is 0 Å². The van der Waals surface area contributed by atoms with Crippen LogP contribution in [0.5, 0.6) is 0 Å². The Bertz CT molecular complexity index is 751. The second kappa shape index (κ2) is 7.77. The van der Waals surface area contributed by atoms with E-state index in [1.165, 1.54) is 31.2 Å². The van der Waals surface area contributed by atoms with Gasteiger partial charge in [0.25, 0.3) is 0 Å². The van der Waals surface area contributed by atoms with Gasteiger partial charge >= 0.3 is 6.03 Å². The number of aromatic nitrogens is 1. The third-order valence-electron chi connectivity index (χ3n) is 5.32. The van der Waals surface area contributed by atoms with Gasteiger partial charge in [-0.2, -0.15) is 0 Å². The fourth-order valence-corrected chi connectivity index (χ4v) is 3.83. The number of para-hydroxylation sites is 1. The van der Waals surface area contributed by atoms with Crippen LogP contribution in [0.15, 0.2) is 42.6 Å². The maximum absolute atomic E-state index is 12.5. The van der Waals surface area contributed by atoms with Gasteiger partial charge in [-0.25, -0.2) is 9.78 Å². The molecule has 2 aromatic rings. The zero-order chi connectivity index (χ0) is 17.8. The first kappa shape index (κ1) is 16.9. The average molecular weight is 350 g/mol. The lowest BCUT2D eigenvalue weighted by atomic mass is 10.2. The Kier molecular flexibility index (Phi) is 5.04. The summed E-state index contributed by atoms with van der Waals surface area (Å²) >= 11 is 0. The van der Waals surface area contributed by atoms with E-state index in [1.807, 2.05) is 29.3 Å². The van der Waals surface area contributed by atoms with Crippen molar-refractivity contribution in [3.63, 3.8) is 0 Å². The molecule has 0 bridgehead atoms. The molecule has 2 aliphatic heterocycles. The fourth-order valence-electron chi connectivity index (χ4n) is 3.83. The standard InChI is InChI=1S/C21H26N4O/c26-21(25-14-11-18-7-3-4-8-19(18)25)23-16-17-9-10-20(22-15-17)24-12-5-1-2-6-13-24/h3-4,7-10,15H,1-2,5-6,11-14,16H2,(H,23,26). The van der Waals surface area contributed by atoms with Crippen LogP contribution in [0, 0.1) is 0 Å². The summed E-state index contributed by atoms with van der Waals surface area (Å²) in [6, 6.07) is 12.2. The lowest BCUT2D eigenvalue weighted by Crippen LogP contribution is -2.38. The Balaban J connectivity index is 1.34. The number of hydrogen-bond acceptors (Lipinski definition) is 3. The normalized spacial score (nSPS) is 16.9. The molecule has 1 saturated heterocycles. The molecule has 5 heteroatoms. The van der Waals surface area contributed by atoms with Crippen LogP contribution >= 0.6 is 0 Å². The van der Waals surface area contributed by atoms with Crippen LogP contribution in [0.4, 0.5) is 16.3 Å². The zero-order valence-electron chi connectivity index (χ0n) is 15.2. The van der Waals surface area contributed by atoms with Crippen LogP contribution in [-0.2, 0) is 13.0 Å². The van der Waals surface area contributed by atoms with Crippen molar-refractivity contribution in [3.8, 4) is 0 Å². The molecule has 1 fully saturated rings. The Hall–Kier alpha value is -2.56. The summed E-state index contributed by atoms with van der Waals surface area (Å²) in [5.41, 5.74) is 3.30. The molecule has 2 amide bonds. The van der Waals surface area contributed by atoms with Crippen molar-refractivity contribution in [2.24, 2.45) is 0 Å². The maximum Gasteiger partial charge on any atom is 0.322 e. The molecule has 0 aliphatic carbocycles. The molecule has 1 aromatic carbocycles. The molecule has 2 aliphatic rings. The fraction of sp³-hybridized carbons (Fsp3) is 0.429. The van der Waals surface area contributed by atoms with Crippen molar-refractivity contribution in [1.82, 2.24) is 10.3 Å². The van der Waals surface area contributed by atoms with Crippen molar-refractivity contribution < 1.29 is 4.79 Å². The first-order valence-corrected chi connectivity index (χ1v) is 9.64. The van der Waals surface area contributed by atoms with Crippen LogP contribution in [0.3, 0.4) is 0 Å². The van der Waals surface area contributed by atoms with Crippen LogP contribution < -0.4 is 15.1 Å². The number of anilines is 2. The Morgan fingerprint density at radius 1 is 1.00 bits per heavy atom. The third kappa shape index (κ3) is 3.66. The predicted molar refractivity (Wildman–Crippen MR) is 105 cm³/mol. The van der Waals surface area contributed by atoms with Gasteiger partial charge in [0, 0.05) is 38.1 Å². The SMILES string of the molecule is O=C(NCc1ccc(N2CCCCCC2)nc1)N1CCc2ccccc21. The van der Waals surface area contributed by atoms with Gasteiger partial charge in [-0.3, -0.25) is 4.90 Å². The topological polar surface area (TPSA) is 48.5 Å². The lowest BCUT2D eigenvalue weighted by molar-refractivity contribution is 0.246. The first-order valence-electron chi connectivity index (χ1n) is 9.64. The van der Waals surface area contributed by atoms with E-state index in [-0.39, 0.29) is 6.03 Å². The van der Waals surface area contributed by atoms with Gasteiger partial charge in [0.1, 0.15) is 5.82 Å². The molecule has 26 heavy (non-hydrogen) atoms. The molecule has 0 saturated carbocycles. The summed E-state index contributed by atoms with van der Waals surface area (Å²) < 4.78 is 0. The molecule has 0 radical (unpaired) electrons. The number of fused-ring (bicyclic) bond motifs is 1. The molecule has 136 valence electrons. The van der Waals surface area contributed by atoms with Crippen molar-refractivity contribution in [2.75, 3.05) is 29.4 Å². The number of urea groups is 1. The number of carbonyl (C=O) groups excluding carboxylic acids is 1. The summed E-state index contributed by atoms with van der Waals surface area (Å²) in [6.45, 7) is 3.44. The van der Waals surface area contributed by atoms with Gasteiger partial charge in [-0.15, -0.1) is 0 Å². The largest absolute Gasteiger partial charge is 0.357 e. The van der Waals surface area contributed by atoms with Crippen LogP contribution in [-0.4, -0.2) is 30.6 Å². The van der Waals surface area contributed by atoms with Crippen molar-refractivity contribution in [2.45, 2.75) is 38.6 Å². The minimum Gasteiger partial charge on any atom is -0.357 e. The molecular formula is C21H26N4O. The van der Waals surface area contributed by atoms with E-state index in [1.54, 1.807) is 0 Å². The van der Waals surface area contributed by atoms with E-state index in [9.17, 15) is 4.79 Å². The number of nitrogens with one attached hydrogen (secondary N) is 1. The third-order valence-corrected chi connectivity index (χ3v) is 5.32. The highest BCUT2D eigenvalue weighted by atomic mass is 16.2. The number of carbonyl (C=O) groups is 1. The highest BCUT2D eigenvalue weighted by Crippen LogP contribution is 2.27. The summed E-state index contributed by atoms with van der Waals surface area (Å²) in [4.78, 5) is 21.3. The number of pyridine rings is 1. The first-order chi connectivity index (χ1) is 12.8. The Morgan fingerprint density at radius 2 is 1.81 bits per heavy atom. The molecule has 0 unspecified atom stereocenters. The summed E-state index contributed by atoms with van der Waals surface area (Å²) in [5.74, 6) is 1.05. The van der Waals surface area contributed by atoms with E-state index in [0.29, 0.717) is 6.54 Å². The summed E-state index contributed by atoms with van der Waals surface area (Å²) in [7, 11) is 0. The highest BCUT2D eigenvalue weighted by molar-refractivity contribution is 5.94. The van der Waals surface area contributed by atoms with Crippen molar-refractivity contribution >= 4 is 17.5 Å². The average Bonchev–Trinajstić information content (AvgIpc) is 2.93. The minimum absolute atomic E-state index is 0.0356. The van der Waals surface area contributed by atoms with Gasteiger partial charge in [0.2, 0.25) is 0 Å². The van der Waals surface area contributed by atoms with Gasteiger partial charge < -0.3 is 10.2 Å². The number of rotatable bonds is 3. The van der Waals surface area contributed by atoms with E-state index in [2.05, 4.69) is 33.4 Å². The summed E-state index contributed by atoms with van der Waals surface area (Å²) in [5, 5.41) is 3.02. The summed E-state index contributed by atoms with van der Waals surface area (Å²) in [6.07, 6.45) is 7.95. The molecular weight excluding hydrogens is 324 g/mol. The van der Waals surface area contributed by atoms with Gasteiger partial charge in [0.05, 0.1) is 0 Å². The molecule has 3 heterocycles. The molecule has 0 atom stereocenters. The van der Waals surface area contributed by atoms with Gasteiger partial charge in [-0.1, -0.05) is 37.1 Å². The highest BCUT2D eigenvalue weighted by Gasteiger charge is 2.23. The molecule has 0 spiro atoms. The number of hydrogen-bond donors (Lipinski definition) is 1. The van der Waals surface area contributed by atoms with Crippen molar-refractivity contribution in [1.29, 1.82) is 0 Å². The van der Waals surface area contributed by atoms with E-state index in [4.69, 9.17) is 0 Å². The van der Waals surface area contributed by atoms with Crippen LogP contribution in [0.25, 0.3) is 0 Å². The van der Waals surface area contributed by atoms with E-state index < -0.39 is 0 Å².